The van der Waals surface area contributed by atoms with Crippen molar-refractivity contribution in [2.45, 2.75) is 62.6 Å². The largest absolute Gasteiger partial charge is 0.494 e. The number of hydrogen-bond donors (Lipinski definition) is 2. The summed E-state index contributed by atoms with van der Waals surface area (Å²) in [5.74, 6) is -4.74. The molecule has 4 aromatic rings. The number of rotatable bonds is 15. The minimum absolute atomic E-state index is 0.0726. The van der Waals surface area contributed by atoms with Crippen LogP contribution in [0.25, 0.3) is 6.08 Å². The van der Waals surface area contributed by atoms with Crippen LogP contribution in [0.5, 0.6) is 5.75 Å². The smallest absolute Gasteiger partial charge is 0.321 e. The third-order valence-electron chi connectivity index (χ3n) is 10.7. The zero-order valence-electron chi connectivity index (χ0n) is 29.9. The number of unbranched alkanes of at least 4 members (excludes halogenated alkanes) is 2. The van der Waals surface area contributed by atoms with Crippen molar-refractivity contribution in [2.75, 3.05) is 6.61 Å². The van der Waals surface area contributed by atoms with E-state index in [0.717, 1.165) is 35.1 Å². The molecule has 6 atom stereocenters. The maximum absolute atomic E-state index is 12.6. The van der Waals surface area contributed by atoms with E-state index in [1.807, 2.05) is 66.7 Å². The first-order valence-electron chi connectivity index (χ1n) is 18.4. The highest BCUT2D eigenvalue weighted by molar-refractivity contribution is 6.06. The van der Waals surface area contributed by atoms with Gasteiger partial charge in [0.1, 0.15) is 11.9 Å². The van der Waals surface area contributed by atoms with Crippen molar-refractivity contribution in [1.82, 2.24) is 0 Å². The number of hydrogen-bond acceptors (Lipinski definition) is 11. The Hall–Kier alpha value is -5.75. The fraction of sp³-hybridized carbons (Fsp3) is 0.295. The Kier molecular flexibility index (Phi) is 11.4. The Morgan fingerprint density at radius 3 is 2.13 bits per heavy atom. The molecule has 2 fully saturated rings. The molecule has 282 valence electrons. The standard InChI is InChI=1S/C44H40O11/c45-37(28-15-17-30(18-16-28)41(55-51)29-13-10-26(11-14-29)12-21-38(46)27-7-3-1-4-8-27)9-5-2-6-22-52-31-19-20-32-33(35-25-39(47)53-42(35)48)24-36-40(34(32)23-31)44(50)54-43(36)49/h1,3-4,7-8,10-21,23,33,35-37,40-41,45,51H,2,5-6,9,22,24-25H2/b21-12+. The van der Waals surface area contributed by atoms with E-state index in [0.29, 0.717) is 41.9 Å². The van der Waals surface area contributed by atoms with Crippen LogP contribution in [0.2, 0.25) is 0 Å². The molecular weight excluding hydrogens is 704 g/mol. The second-order valence-electron chi connectivity index (χ2n) is 14.2. The lowest BCUT2D eigenvalue weighted by molar-refractivity contribution is -0.270. The number of cyclic esters (lactones) is 4. The second kappa shape index (κ2) is 16.7. The molecule has 2 aliphatic heterocycles. The average molecular weight is 745 g/mol. The van der Waals surface area contributed by atoms with Gasteiger partial charge in [0.2, 0.25) is 0 Å². The molecule has 11 nitrogen and oxygen atoms in total. The van der Waals surface area contributed by atoms with E-state index < -0.39 is 59.8 Å². The number of fused-ring (bicyclic) bond motifs is 3. The molecular formula is C44H40O11. The van der Waals surface area contributed by atoms with Crippen LogP contribution in [0.1, 0.15) is 106 Å². The molecule has 2 heterocycles. The van der Waals surface area contributed by atoms with Gasteiger partial charge >= 0.3 is 23.9 Å². The lowest BCUT2D eigenvalue weighted by Crippen LogP contribution is -2.31. The fourth-order valence-electron chi connectivity index (χ4n) is 7.78. The van der Waals surface area contributed by atoms with Crippen LogP contribution in [-0.4, -0.2) is 46.6 Å². The van der Waals surface area contributed by atoms with Gasteiger partial charge in [-0.3, -0.25) is 29.2 Å². The average Bonchev–Trinajstić information content (AvgIpc) is 3.70. The molecule has 55 heavy (non-hydrogen) atoms. The van der Waals surface area contributed by atoms with E-state index in [2.05, 4.69) is 0 Å². The molecule has 7 rings (SSSR count). The number of esters is 4. The topological polar surface area (TPSA) is 163 Å². The van der Waals surface area contributed by atoms with Crippen molar-refractivity contribution in [2.24, 2.45) is 11.8 Å². The Balaban J connectivity index is 0.883. The molecule has 4 aromatic carbocycles. The van der Waals surface area contributed by atoms with Gasteiger partial charge in [-0.1, -0.05) is 97.4 Å². The summed E-state index contributed by atoms with van der Waals surface area (Å²) in [6.07, 6.45) is 4.76. The van der Waals surface area contributed by atoms with E-state index >= 15 is 0 Å². The van der Waals surface area contributed by atoms with E-state index in [-0.39, 0.29) is 18.6 Å². The van der Waals surface area contributed by atoms with Gasteiger partial charge in [-0.05, 0) is 83.2 Å². The highest BCUT2D eigenvalue weighted by Crippen LogP contribution is 2.51. The number of ketones is 1. The summed E-state index contributed by atoms with van der Waals surface area (Å²) in [7, 11) is 0. The summed E-state index contributed by atoms with van der Waals surface area (Å²) in [5.41, 5.74) is 4.90. The second-order valence-corrected chi connectivity index (χ2v) is 14.2. The molecule has 0 radical (unpaired) electrons. The molecule has 0 amide bonds. The van der Waals surface area contributed by atoms with Gasteiger partial charge in [-0.25, -0.2) is 4.89 Å². The number of carbonyl (C=O) groups excluding carboxylic acids is 5. The predicted octanol–water partition coefficient (Wildman–Crippen LogP) is 7.19. The van der Waals surface area contributed by atoms with Gasteiger partial charge in [0, 0.05) is 5.56 Å². The van der Waals surface area contributed by atoms with Crippen LogP contribution in [0.4, 0.5) is 0 Å². The Morgan fingerprint density at radius 2 is 1.44 bits per heavy atom. The van der Waals surface area contributed by atoms with Gasteiger partial charge in [0.05, 0.1) is 36.9 Å². The molecule has 1 aliphatic carbocycles. The minimum Gasteiger partial charge on any atom is -0.494 e. The normalized spacial score (nSPS) is 21.5. The minimum atomic E-state index is -0.785. The van der Waals surface area contributed by atoms with Crippen LogP contribution in [0.3, 0.4) is 0 Å². The number of ether oxygens (including phenoxy) is 3. The first-order valence-corrected chi connectivity index (χ1v) is 18.4. The van der Waals surface area contributed by atoms with Crippen molar-refractivity contribution in [1.29, 1.82) is 0 Å². The summed E-state index contributed by atoms with van der Waals surface area (Å²) < 4.78 is 15.7. The van der Waals surface area contributed by atoms with E-state index in [9.17, 15) is 34.3 Å². The van der Waals surface area contributed by atoms with Crippen molar-refractivity contribution in [3.63, 3.8) is 0 Å². The maximum atomic E-state index is 12.6. The quantitative estimate of drug-likeness (QED) is 0.0241. The molecule has 3 aliphatic rings. The summed E-state index contributed by atoms with van der Waals surface area (Å²) in [5, 5.41) is 20.6. The maximum Gasteiger partial charge on any atom is 0.321 e. The molecule has 11 heteroatoms. The zero-order valence-corrected chi connectivity index (χ0v) is 29.9. The van der Waals surface area contributed by atoms with Crippen molar-refractivity contribution in [3.8, 4) is 5.75 Å². The highest BCUT2D eigenvalue weighted by Gasteiger charge is 2.53. The fourth-order valence-corrected chi connectivity index (χ4v) is 7.78. The first kappa shape index (κ1) is 37.6. The Labute approximate surface area is 317 Å². The van der Waals surface area contributed by atoms with Gasteiger partial charge in [0.25, 0.3) is 0 Å². The molecule has 2 N–H and O–H groups in total. The van der Waals surface area contributed by atoms with E-state index in [4.69, 9.17) is 19.1 Å². The number of aliphatic hydroxyl groups is 1. The predicted molar refractivity (Wildman–Crippen MR) is 198 cm³/mol. The van der Waals surface area contributed by atoms with Gasteiger partial charge in [-0.15, -0.1) is 0 Å². The molecule has 0 spiro atoms. The number of aliphatic hydroxyl groups excluding tert-OH is 1. The van der Waals surface area contributed by atoms with E-state index in [1.165, 1.54) is 6.08 Å². The van der Waals surface area contributed by atoms with Gasteiger partial charge < -0.3 is 19.3 Å². The third kappa shape index (κ3) is 8.34. The first-order chi connectivity index (χ1) is 26.7. The molecule has 6 unspecified atom stereocenters. The van der Waals surface area contributed by atoms with Gasteiger partial charge in [0.15, 0.2) is 5.78 Å². The summed E-state index contributed by atoms with van der Waals surface area (Å²) in [6, 6.07) is 28.9. The summed E-state index contributed by atoms with van der Waals surface area (Å²) in [4.78, 5) is 66.6. The van der Waals surface area contributed by atoms with Crippen LogP contribution < -0.4 is 4.74 Å². The lowest BCUT2D eigenvalue weighted by Gasteiger charge is -2.33. The molecule has 2 saturated heterocycles. The van der Waals surface area contributed by atoms with Crippen LogP contribution >= 0.6 is 0 Å². The van der Waals surface area contributed by atoms with Crippen molar-refractivity contribution in [3.05, 3.63) is 142 Å². The molecule has 0 saturated carbocycles. The summed E-state index contributed by atoms with van der Waals surface area (Å²) in [6.45, 7) is 0.388. The Morgan fingerprint density at radius 1 is 0.745 bits per heavy atom. The lowest BCUT2D eigenvalue weighted by atomic mass is 9.67. The van der Waals surface area contributed by atoms with Crippen LogP contribution in [0, 0.1) is 11.8 Å². The SMILES string of the molecule is O=C1CC(C2CC3C(=O)OC(=O)C3c3cc(OCCCCCC(O)c4ccc(C(OO)c5ccc(/C=C/C(=O)c6ccccc6)cc5)cc4)ccc32)C(=O)O1. The van der Waals surface area contributed by atoms with Gasteiger partial charge in [-0.2, -0.15) is 0 Å². The molecule has 0 bridgehead atoms. The number of allylic oxidation sites excluding steroid dienone is 1. The summed E-state index contributed by atoms with van der Waals surface area (Å²) >= 11 is 0. The van der Waals surface area contributed by atoms with Crippen molar-refractivity contribution >= 4 is 35.7 Å². The van der Waals surface area contributed by atoms with Crippen molar-refractivity contribution < 1.29 is 53.4 Å². The van der Waals surface area contributed by atoms with Crippen LogP contribution in [0.15, 0.2) is 103 Å². The highest BCUT2D eigenvalue weighted by atomic mass is 17.1. The monoisotopic (exact) mass is 744 g/mol. The zero-order chi connectivity index (χ0) is 38.5. The molecule has 0 aromatic heterocycles. The van der Waals surface area contributed by atoms with Crippen LogP contribution in [-0.2, 0) is 33.5 Å². The number of carbonyl (C=O) groups is 5. The Bertz CT molecular complexity index is 2090. The number of benzene rings is 4. The third-order valence-corrected chi connectivity index (χ3v) is 10.7. The van der Waals surface area contributed by atoms with E-state index in [1.54, 1.807) is 36.4 Å².